The SMILES string of the molecule is COc1ccc(C2=N[C@@H](c3ccc(Cl)cc3)[C@H](c3ccc(Cl)cc3)N2C(=O)N2CCNC(=O)C2)c(OC(C)C)c1. The molecule has 0 radical (unpaired) electrons. The van der Waals surface area contributed by atoms with Crippen molar-refractivity contribution in [1.82, 2.24) is 15.1 Å². The monoisotopic (exact) mass is 580 g/mol. The van der Waals surface area contributed by atoms with E-state index < -0.39 is 12.1 Å². The first kappa shape index (κ1) is 27.8. The number of hydrogen-bond donors (Lipinski definition) is 1. The molecule has 2 aliphatic rings. The van der Waals surface area contributed by atoms with E-state index in [0.717, 1.165) is 11.1 Å². The molecule has 3 amide bonds. The van der Waals surface area contributed by atoms with Crippen molar-refractivity contribution in [2.75, 3.05) is 26.7 Å². The highest BCUT2D eigenvalue weighted by Crippen LogP contribution is 2.45. The van der Waals surface area contributed by atoms with Gasteiger partial charge < -0.3 is 19.7 Å². The highest BCUT2D eigenvalue weighted by Gasteiger charge is 2.45. The predicted octanol–water partition coefficient (Wildman–Crippen LogP) is 5.89. The minimum absolute atomic E-state index is 0.0421. The van der Waals surface area contributed by atoms with Crippen LogP contribution in [0, 0.1) is 0 Å². The number of benzene rings is 3. The summed E-state index contributed by atoms with van der Waals surface area (Å²) in [6, 6.07) is 19.0. The summed E-state index contributed by atoms with van der Waals surface area (Å²) in [6.07, 6.45) is -0.137. The first-order valence-electron chi connectivity index (χ1n) is 13.0. The molecule has 5 rings (SSSR count). The second-order valence-electron chi connectivity index (χ2n) is 9.90. The van der Waals surface area contributed by atoms with E-state index in [1.54, 1.807) is 35.1 Å². The first-order chi connectivity index (χ1) is 19.2. The molecule has 2 atom stereocenters. The molecule has 208 valence electrons. The van der Waals surface area contributed by atoms with E-state index in [0.29, 0.717) is 46.0 Å². The highest BCUT2D eigenvalue weighted by atomic mass is 35.5. The van der Waals surface area contributed by atoms with E-state index in [4.69, 9.17) is 37.7 Å². The lowest BCUT2D eigenvalue weighted by atomic mass is 9.93. The molecular formula is C30H30Cl2N4O4. The summed E-state index contributed by atoms with van der Waals surface area (Å²) in [5.41, 5.74) is 2.37. The lowest BCUT2D eigenvalue weighted by Gasteiger charge is -2.36. The smallest absolute Gasteiger partial charge is 0.326 e. The summed E-state index contributed by atoms with van der Waals surface area (Å²) in [5.74, 6) is 1.39. The maximum absolute atomic E-state index is 14.3. The van der Waals surface area contributed by atoms with Gasteiger partial charge in [-0.05, 0) is 61.4 Å². The third kappa shape index (κ3) is 5.74. The Morgan fingerprint density at radius 1 is 1.00 bits per heavy atom. The number of ether oxygens (including phenoxy) is 2. The van der Waals surface area contributed by atoms with Crippen LogP contribution in [0.4, 0.5) is 4.79 Å². The van der Waals surface area contributed by atoms with Crippen molar-refractivity contribution in [3.8, 4) is 11.5 Å². The Labute approximate surface area is 243 Å². The van der Waals surface area contributed by atoms with E-state index >= 15 is 0 Å². The quantitative estimate of drug-likeness (QED) is 0.394. The van der Waals surface area contributed by atoms with Crippen molar-refractivity contribution in [3.05, 3.63) is 93.5 Å². The van der Waals surface area contributed by atoms with E-state index in [9.17, 15) is 9.59 Å². The summed E-state index contributed by atoms with van der Waals surface area (Å²) >= 11 is 12.5. The number of methoxy groups -OCH3 is 1. The summed E-state index contributed by atoms with van der Waals surface area (Å²) in [6.45, 7) is 4.58. The van der Waals surface area contributed by atoms with Crippen molar-refractivity contribution in [2.24, 2.45) is 4.99 Å². The number of carbonyl (C=O) groups is 2. The van der Waals surface area contributed by atoms with Crippen molar-refractivity contribution in [3.63, 3.8) is 0 Å². The molecule has 8 nitrogen and oxygen atoms in total. The van der Waals surface area contributed by atoms with Gasteiger partial charge in [0.15, 0.2) is 0 Å². The fraction of sp³-hybridized carbons (Fsp3) is 0.300. The highest BCUT2D eigenvalue weighted by molar-refractivity contribution is 6.30. The number of carbonyl (C=O) groups excluding carboxylic acids is 2. The van der Waals surface area contributed by atoms with Gasteiger partial charge in [0.05, 0.1) is 24.8 Å². The Kier molecular flexibility index (Phi) is 8.19. The summed E-state index contributed by atoms with van der Waals surface area (Å²) < 4.78 is 11.7. The molecule has 2 aliphatic heterocycles. The van der Waals surface area contributed by atoms with E-state index in [2.05, 4.69) is 5.32 Å². The van der Waals surface area contributed by atoms with Gasteiger partial charge >= 0.3 is 6.03 Å². The number of rotatable bonds is 6. The van der Waals surface area contributed by atoms with E-state index in [-0.39, 0.29) is 24.6 Å². The fourth-order valence-electron chi connectivity index (χ4n) is 4.97. The molecule has 0 aromatic heterocycles. The summed E-state index contributed by atoms with van der Waals surface area (Å²) in [5, 5.41) is 3.97. The van der Waals surface area contributed by atoms with Crippen LogP contribution < -0.4 is 14.8 Å². The molecule has 1 fully saturated rings. The largest absolute Gasteiger partial charge is 0.497 e. The average Bonchev–Trinajstić information content (AvgIpc) is 3.33. The summed E-state index contributed by atoms with van der Waals surface area (Å²) in [4.78, 5) is 35.0. The normalized spacial score (nSPS) is 18.9. The Bertz CT molecular complexity index is 1430. The minimum Gasteiger partial charge on any atom is -0.497 e. The molecule has 0 aliphatic carbocycles. The number of aliphatic imine (C=N–C) groups is 1. The molecule has 1 saturated heterocycles. The Morgan fingerprint density at radius 2 is 1.65 bits per heavy atom. The number of halogens is 2. The van der Waals surface area contributed by atoms with Crippen LogP contribution >= 0.6 is 23.2 Å². The van der Waals surface area contributed by atoms with Crippen LogP contribution in [0.2, 0.25) is 10.0 Å². The molecular weight excluding hydrogens is 551 g/mol. The number of nitrogens with zero attached hydrogens (tertiary/aromatic N) is 3. The molecule has 3 aromatic carbocycles. The van der Waals surface area contributed by atoms with Crippen molar-refractivity contribution < 1.29 is 19.1 Å². The number of nitrogens with one attached hydrogen (secondary N) is 1. The van der Waals surface area contributed by atoms with Gasteiger partial charge in [-0.15, -0.1) is 0 Å². The standard InChI is InChI=1S/C30H30Cl2N4O4/c1-18(2)40-25-16-23(39-3)12-13-24(25)29-34-27(19-4-8-21(31)9-5-19)28(20-6-10-22(32)11-7-20)36(29)30(38)35-15-14-33-26(37)17-35/h4-13,16,18,27-28H,14-15,17H2,1-3H3,(H,33,37)/t27-,28-/m0/s1. The van der Waals surface area contributed by atoms with Gasteiger partial charge in [0.25, 0.3) is 0 Å². The van der Waals surface area contributed by atoms with Crippen LogP contribution in [0.25, 0.3) is 0 Å². The van der Waals surface area contributed by atoms with Gasteiger partial charge in [0.1, 0.15) is 29.9 Å². The summed E-state index contributed by atoms with van der Waals surface area (Å²) in [7, 11) is 1.59. The zero-order valence-electron chi connectivity index (χ0n) is 22.4. The first-order valence-corrected chi connectivity index (χ1v) is 13.8. The number of amides is 3. The van der Waals surface area contributed by atoms with Gasteiger partial charge in [0.2, 0.25) is 5.91 Å². The molecule has 3 aromatic rings. The maximum Gasteiger partial charge on any atom is 0.326 e. The lowest BCUT2D eigenvalue weighted by Crippen LogP contribution is -2.55. The van der Waals surface area contributed by atoms with Gasteiger partial charge in [-0.3, -0.25) is 14.7 Å². The van der Waals surface area contributed by atoms with Crippen molar-refractivity contribution in [1.29, 1.82) is 0 Å². The van der Waals surface area contributed by atoms with E-state index in [1.807, 2.05) is 62.4 Å². The fourth-order valence-corrected chi connectivity index (χ4v) is 5.23. The topological polar surface area (TPSA) is 83.5 Å². The Hall–Kier alpha value is -3.75. The molecule has 0 saturated carbocycles. The molecule has 0 unspecified atom stereocenters. The van der Waals surface area contributed by atoms with Gasteiger partial charge in [0, 0.05) is 29.2 Å². The molecule has 0 spiro atoms. The Balaban J connectivity index is 1.71. The van der Waals surface area contributed by atoms with E-state index in [1.165, 1.54) is 0 Å². The molecule has 1 N–H and O–H groups in total. The number of piperazine rings is 1. The molecule has 10 heteroatoms. The second-order valence-corrected chi connectivity index (χ2v) is 10.8. The Morgan fingerprint density at radius 3 is 2.25 bits per heavy atom. The predicted molar refractivity (Wildman–Crippen MR) is 155 cm³/mol. The number of amidine groups is 1. The second kappa shape index (κ2) is 11.8. The lowest BCUT2D eigenvalue weighted by molar-refractivity contribution is -0.123. The zero-order valence-corrected chi connectivity index (χ0v) is 23.9. The maximum atomic E-state index is 14.3. The van der Waals surface area contributed by atoms with Crippen LogP contribution in [0.15, 0.2) is 71.7 Å². The number of hydrogen-bond acceptors (Lipinski definition) is 5. The van der Waals surface area contributed by atoms with Gasteiger partial charge in [-0.2, -0.15) is 0 Å². The number of urea groups is 1. The van der Waals surface area contributed by atoms with Gasteiger partial charge in [-0.25, -0.2) is 4.79 Å². The van der Waals surface area contributed by atoms with Crippen LogP contribution in [0.1, 0.15) is 42.6 Å². The van der Waals surface area contributed by atoms with Crippen LogP contribution in [-0.2, 0) is 4.79 Å². The van der Waals surface area contributed by atoms with Crippen molar-refractivity contribution >= 4 is 41.0 Å². The zero-order chi connectivity index (χ0) is 28.4. The molecule has 40 heavy (non-hydrogen) atoms. The van der Waals surface area contributed by atoms with Gasteiger partial charge in [-0.1, -0.05) is 47.5 Å². The third-order valence-electron chi connectivity index (χ3n) is 6.80. The third-order valence-corrected chi connectivity index (χ3v) is 7.30. The van der Waals surface area contributed by atoms with Crippen LogP contribution in [0.3, 0.4) is 0 Å². The van der Waals surface area contributed by atoms with Crippen LogP contribution in [-0.4, -0.2) is 60.4 Å². The van der Waals surface area contributed by atoms with Crippen LogP contribution in [0.5, 0.6) is 11.5 Å². The molecule has 2 heterocycles. The minimum atomic E-state index is -0.528. The average molecular weight is 582 g/mol. The molecule has 0 bridgehead atoms. The van der Waals surface area contributed by atoms with Crippen molar-refractivity contribution in [2.45, 2.75) is 32.0 Å².